The molecule has 6 heteroatoms. The molecule has 0 saturated heterocycles. The van der Waals surface area contributed by atoms with Crippen LogP contribution in [0.4, 0.5) is 14.5 Å². The van der Waals surface area contributed by atoms with Crippen molar-refractivity contribution in [2.24, 2.45) is 4.99 Å². The van der Waals surface area contributed by atoms with E-state index in [-0.39, 0.29) is 17.6 Å². The molecule has 1 atom stereocenters. The number of hydrogen-bond donors (Lipinski definition) is 2. The van der Waals surface area contributed by atoms with Gasteiger partial charge < -0.3 is 5.32 Å². The second-order valence-electron chi connectivity index (χ2n) is 4.29. The van der Waals surface area contributed by atoms with Crippen molar-refractivity contribution in [1.82, 2.24) is 5.32 Å². The third-order valence-electron chi connectivity index (χ3n) is 2.95. The van der Waals surface area contributed by atoms with Crippen LogP contribution in [-0.2, 0) is 4.79 Å². The SMILES string of the molecule is CC[C@]1(C)N=C(Nc2ccc(F)cc2F)NC1=O. The van der Waals surface area contributed by atoms with Crippen LogP contribution >= 0.6 is 0 Å². The van der Waals surface area contributed by atoms with Gasteiger partial charge in [0.25, 0.3) is 5.91 Å². The van der Waals surface area contributed by atoms with Crippen LogP contribution in [-0.4, -0.2) is 17.4 Å². The molecule has 96 valence electrons. The molecule has 2 rings (SSSR count). The van der Waals surface area contributed by atoms with E-state index in [4.69, 9.17) is 0 Å². The number of halogens is 2. The third kappa shape index (κ3) is 2.18. The zero-order chi connectivity index (χ0) is 13.3. The molecule has 0 unspecified atom stereocenters. The van der Waals surface area contributed by atoms with Crippen LogP contribution in [0.2, 0.25) is 0 Å². The number of nitrogens with zero attached hydrogens (tertiary/aromatic N) is 1. The van der Waals surface area contributed by atoms with Crippen molar-refractivity contribution < 1.29 is 13.6 Å². The summed E-state index contributed by atoms with van der Waals surface area (Å²) in [7, 11) is 0. The molecule has 4 nitrogen and oxygen atoms in total. The van der Waals surface area contributed by atoms with Crippen molar-refractivity contribution in [2.75, 3.05) is 5.32 Å². The van der Waals surface area contributed by atoms with E-state index in [0.717, 1.165) is 12.1 Å². The Hall–Kier alpha value is -1.98. The second-order valence-corrected chi connectivity index (χ2v) is 4.29. The summed E-state index contributed by atoms with van der Waals surface area (Å²) in [6.07, 6.45) is 0.538. The first-order chi connectivity index (χ1) is 8.44. The van der Waals surface area contributed by atoms with Gasteiger partial charge >= 0.3 is 0 Å². The van der Waals surface area contributed by atoms with Crippen molar-refractivity contribution in [3.63, 3.8) is 0 Å². The number of hydrogen-bond acceptors (Lipinski definition) is 3. The monoisotopic (exact) mass is 253 g/mol. The van der Waals surface area contributed by atoms with Gasteiger partial charge in [-0.25, -0.2) is 13.8 Å². The Morgan fingerprint density at radius 1 is 1.44 bits per heavy atom. The molecule has 1 aliphatic rings. The van der Waals surface area contributed by atoms with E-state index < -0.39 is 17.2 Å². The van der Waals surface area contributed by atoms with E-state index in [1.807, 2.05) is 6.92 Å². The summed E-state index contributed by atoms with van der Waals surface area (Å²) in [5.41, 5.74) is -0.769. The number of guanidine groups is 1. The van der Waals surface area contributed by atoms with Crippen LogP contribution in [0.5, 0.6) is 0 Å². The summed E-state index contributed by atoms with van der Waals surface area (Å²) in [6, 6.07) is 3.14. The smallest absolute Gasteiger partial charge is 0.254 e. The van der Waals surface area contributed by atoms with Crippen LogP contribution in [0.15, 0.2) is 23.2 Å². The normalized spacial score (nSPS) is 22.7. The van der Waals surface area contributed by atoms with Gasteiger partial charge in [-0.2, -0.15) is 0 Å². The van der Waals surface area contributed by atoms with Crippen molar-refractivity contribution in [3.8, 4) is 0 Å². The number of aliphatic imine (C=N–C) groups is 1. The Kier molecular flexibility index (Phi) is 3.02. The van der Waals surface area contributed by atoms with E-state index in [1.165, 1.54) is 6.07 Å². The number of carbonyl (C=O) groups is 1. The van der Waals surface area contributed by atoms with Crippen LogP contribution in [0.25, 0.3) is 0 Å². The van der Waals surface area contributed by atoms with Crippen molar-refractivity contribution >= 4 is 17.6 Å². The van der Waals surface area contributed by atoms with Crippen LogP contribution < -0.4 is 10.6 Å². The first-order valence-electron chi connectivity index (χ1n) is 5.58. The van der Waals surface area contributed by atoms with Gasteiger partial charge in [-0.1, -0.05) is 6.92 Å². The van der Waals surface area contributed by atoms with E-state index in [0.29, 0.717) is 6.42 Å². The summed E-state index contributed by atoms with van der Waals surface area (Å²) >= 11 is 0. The van der Waals surface area contributed by atoms with Gasteiger partial charge in [0.05, 0.1) is 5.69 Å². The predicted molar refractivity (Wildman–Crippen MR) is 64.3 cm³/mol. The standard InChI is InChI=1S/C12H13F2N3O/c1-3-12(2)10(18)16-11(17-12)15-9-5-4-7(13)6-8(9)14/h4-6H,3H2,1-2H3,(H2,15,16,17,18)/t12-/m0/s1. The lowest BCUT2D eigenvalue weighted by molar-refractivity contribution is -0.123. The highest BCUT2D eigenvalue weighted by molar-refractivity contribution is 6.12. The summed E-state index contributed by atoms with van der Waals surface area (Å²) in [5.74, 6) is -1.46. The Morgan fingerprint density at radius 2 is 2.17 bits per heavy atom. The molecule has 0 radical (unpaired) electrons. The Labute approximate surface area is 103 Å². The minimum absolute atomic E-state index is 0.0656. The minimum Gasteiger partial charge on any atom is -0.323 e. The van der Waals surface area contributed by atoms with Gasteiger partial charge in [-0.15, -0.1) is 0 Å². The van der Waals surface area contributed by atoms with Crippen LogP contribution in [0.3, 0.4) is 0 Å². The average molecular weight is 253 g/mol. The molecule has 0 spiro atoms. The highest BCUT2D eigenvalue weighted by Gasteiger charge is 2.37. The molecule has 0 fully saturated rings. The number of amides is 1. The molecular weight excluding hydrogens is 240 g/mol. The molecule has 18 heavy (non-hydrogen) atoms. The molecule has 0 aromatic heterocycles. The van der Waals surface area contributed by atoms with E-state index in [1.54, 1.807) is 6.92 Å². The van der Waals surface area contributed by atoms with E-state index in [9.17, 15) is 13.6 Å². The molecule has 1 amide bonds. The lowest BCUT2D eigenvalue weighted by atomic mass is 10.0. The first kappa shape index (κ1) is 12.5. The maximum absolute atomic E-state index is 13.4. The highest BCUT2D eigenvalue weighted by atomic mass is 19.1. The Bertz CT molecular complexity index is 530. The van der Waals surface area contributed by atoms with Gasteiger partial charge in [0.1, 0.15) is 17.2 Å². The van der Waals surface area contributed by atoms with Crippen molar-refractivity contribution in [2.45, 2.75) is 25.8 Å². The second kappa shape index (κ2) is 4.36. The van der Waals surface area contributed by atoms with Gasteiger partial charge in [0.15, 0.2) is 0 Å². The molecule has 0 saturated carbocycles. The molecule has 1 aromatic rings. The molecular formula is C12H13F2N3O. The third-order valence-corrected chi connectivity index (χ3v) is 2.95. The Balaban J connectivity index is 2.21. The number of carbonyl (C=O) groups excluding carboxylic acids is 1. The maximum atomic E-state index is 13.4. The summed E-state index contributed by atoms with van der Waals surface area (Å²) < 4.78 is 26.1. The predicted octanol–water partition coefficient (Wildman–Crippen LogP) is 2.03. The van der Waals surface area contributed by atoms with Gasteiger partial charge in [0, 0.05) is 6.07 Å². The summed E-state index contributed by atoms with van der Waals surface area (Å²) in [4.78, 5) is 15.8. The summed E-state index contributed by atoms with van der Waals surface area (Å²) in [6.45, 7) is 3.53. The topological polar surface area (TPSA) is 53.5 Å². The molecule has 0 bridgehead atoms. The molecule has 2 N–H and O–H groups in total. The van der Waals surface area contributed by atoms with Crippen LogP contribution in [0, 0.1) is 11.6 Å². The number of benzene rings is 1. The van der Waals surface area contributed by atoms with Crippen molar-refractivity contribution in [1.29, 1.82) is 0 Å². The van der Waals surface area contributed by atoms with E-state index in [2.05, 4.69) is 15.6 Å². The zero-order valence-corrected chi connectivity index (χ0v) is 10.1. The number of anilines is 1. The fraction of sp³-hybridized carbons (Fsp3) is 0.333. The largest absolute Gasteiger partial charge is 0.323 e. The van der Waals surface area contributed by atoms with Gasteiger partial charge in [-0.05, 0) is 25.5 Å². The van der Waals surface area contributed by atoms with Gasteiger partial charge in [-0.3, -0.25) is 10.1 Å². The van der Waals surface area contributed by atoms with Gasteiger partial charge in [0.2, 0.25) is 5.96 Å². The van der Waals surface area contributed by atoms with E-state index >= 15 is 0 Å². The zero-order valence-electron chi connectivity index (χ0n) is 10.1. The molecule has 1 aromatic carbocycles. The molecule has 0 aliphatic carbocycles. The molecule has 1 aliphatic heterocycles. The fourth-order valence-corrected chi connectivity index (χ4v) is 1.58. The average Bonchev–Trinajstić information content (AvgIpc) is 2.59. The lowest BCUT2D eigenvalue weighted by Gasteiger charge is -2.12. The van der Waals surface area contributed by atoms with Crippen molar-refractivity contribution in [3.05, 3.63) is 29.8 Å². The first-order valence-corrected chi connectivity index (χ1v) is 5.58. The van der Waals surface area contributed by atoms with Crippen LogP contribution in [0.1, 0.15) is 20.3 Å². The highest BCUT2D eigenvalue weighted by Crippen LogP contribution is 2.21. The fourth-order valence-electron chi connectivity index (χ4n) is 1.58. The molecule has 1 heterocycles. The number of rotatable bonds is 2. The minimum atomic E-state index is -0.834. The Morgan fingerprint density at radius 3 is 2.72 bits per heavy atom. The summed E-state index contributed by atoms with van der Waals surface area (Å²) in [5, 5.41) is 5.16. The lowest BCUT2D eigenvalue weighted by Crippen LogP contribution is -2.38. The maximum Gasteiger partial charge on any atom is 0.254 e. The number of nitrogens with one attached hydrogen (secondary N) is 2. The quantitative estimate of drug-likeness (QED) is 0.847.